The van der Waals surface area contributed by atoms with Crippen LogP contribution in [0.5, 0.6) is 0 Å². The number of fused-ring (bicyclic) bond motifs is 5. The van der Waals surface area contributed by atoms with Gasteiger partial charge in [0.2, 0.25) is 0 Å². The second-order valence-corrected chi connectivity index (χ2v) is 9.37. The maximum Gasteiger partial charge on any atom is 0.0661 e. The highest BCUT2D eigenvalue weighted by molar-refractivity contribution is 5.12. The van der Waals surface area contributed by atoms with Crippen LogP contribution in [0.2, 0.25) is 0 Å². The second-order valence-electron chi connectivity index (χ2n) is 9.37. The van der Waals surface area contributed by atoms with Crippen molar-refractivity contribution in [3.05, 3.63) is 0 Å². The maximum atomic E-state index is 9.62. The van der Waals surface area contributed by atoms with Crippen LogP contribution in [0.25, 0.3) is 0 Å². The fourth-order valence-electron chi connectivity index (χ4n) is 7.83. The number of ether oxygens (including phenoxy) is 1. The zero-order valence-corrected chi connectivity index (χ0v) is 15.0. The van der Waals surface area contributed by atoms with Crippen LogP contribution in [-0.2, 0) is 4.74 Å². The second kappa shape index (κ2) is 5.76. The summed E-state index contributed by atoms with van der Waals surface area (Å²) in [5.74, 6) is 3.78. The Hall–Kier alpha value is -0.550. The topological polar surface area (TPSA) is 33.0 Å². The normalized spacial score (nSPS) is 52.1. The van der Waals surface area contributed by atoms with Crippen LogP contribution in [0.3, 0.4) is 0 Å². The van der Waals surface area contributed by atoms with Gasteiger partial charge in [-0.2, -0.15) is 5.26 Å². The average Bonchev–Trinajstić information content (AvgIpc) is 2.91. The minimum Gasteiger partial charge on any atom is -0.384 e. The van der Waals surface area contributed by atoms with Gasteiger partial charge in [0.15, 0.2) is 0 Å². The van der Waals surface area contributed by atoms with Gasteiger partial charge in [-0.1, -0.05) is 19.8 Å². The van der Waals surface area contributed by atoms with E-state index in [0.717, 1.165) is 36.7 Å². The van der Waals surface area contributed by atoms with Crippen molar-refractivity contribution in [1.82, 2.24) is 0 Å². The van der Waals surface area contributed by atoms with Crippen LogP contribution < -0.4 is 0 Å². The summed E-state index contributed by atoms with van der Waals surface area (Å²) in [6.07, 6.45) is 13.6. The summed E-state index contributed by atoms with van der Waals surface area (Å²) in [7, 11) is 1.91. The van der Waals surface area contributed by atoms with Gasteiger partial charge in [-0.05, 0) is 85.9 Å². The summed E-state index contributed by atoms with van der Waals surface area (Å²) in [4.78, 5) is 0. The smallest absolute Gasteiger partial charge is 0.0661 e. The van der Waals surface area contributed by atoms with E-state index in [1.807, 2.05) is 7.11 Å². The molecule has 0 aliphatic heterocycles. The molecule has 128 valence electrons. The molecule has 7 atom stereocenters. The molecule has 0 aromatic carbocycles. The van der Waals surface area contributed by atoms with Crippen LogP contribution in [-0.4, -0.2) is 13.7 Å². The molecular formula is C21H33NO. The first-order chi connectivity index (χ1) is 11.2. The summed E-state index contributed by atoms with van der Waals surface area (Å²) in [5, 5.41) is 9.62. The van der Waals surface area contributed by atoms with E-state index in [-0.39, 0.29) is 0 Å². The van der Waals surface area contributed by atoms with Gasteiger partial charge in [0.25, 0.3) is 0 Å². The van der Waals surface area contributed by atoms with Gasteiger partial charge in [0.05, 0.1) is 18.6 Å². The van der Waals surface area contributed by atoms with Crippen LogP contribution in [0.4, 0.5) is 0 Å². The van der Waals surface area contributed by atoms with Gasteiger partial charge in [0.1, 0.15) is 0 Å². The third-order valence-corrected chi connectivity index (χ3v) is 8.85. The Labute approximate surface area is 142 Å². The molecule has 0 bridgehead atoms. The molecule has 2 heteroatoms. The highest BCUT2D eigenvalue weighted by Gasteiger charge is 2.61. The van der Waals surface area contributed by atoms with Gasteiger partial charge in [-0.25, -0.2) is 0 Å². The lowest BCUT2D eigenvalue weighted by Gasteiger charge is -2.61. The summed E-state index contributed by atoms with van der Waals surface area (Å²) in [6.45, 7) is 3.44. The zero-order valence-electron chi connectivity index (χ0n) is 15.0. The molecule has 0 radical (unpaired) electrons. The Balaban J connectivity index is 1.66. The van der Waals surface area contributed by atoms with Crippen LogP contribution in [0, 0.1) is 51.8 Å². The van der Waals surface area contributed by atoms with E-state index in [9.17, 15) is 5.26 Å². The molecule has 2 nitrogen and oxygen atoms in total. The Morgan fingerprint density at radius 3 is 2.65 bits per heavy atom. The minimum atomic E-state index is 0.311. The van der Waals surface area contributed by atoms with Crippen LogP contribution in [0.1, 0.15) is 71.1 Å². The van der Waals surface area contributed by atoms with Crippen molar-refractivity contribution in [2.24, 2.45) is 40.4 Å². The first-order valence-electron chi connectivity index (χ1n) is 10.0. The molecule has 0 N–H and O–H groups in total. The molecule has 4 fully saturated rings. The SMILES string of the molecule is COCC12CCCCC1CCC1C2CC[C@]2(C)C(C#N)CCC12. The van der Waals surface area contributed by atoms with Gasteiger partial charge < -0.3 is 4.74 Å². The van der Waals surface area contributed by atoms with Gasteiger partial charge in [0, 0.05) is 7.11 Å². The molecule has 0 amide bonds. The molecule has 0 spiro atoms. The predicted molar refractivity (Wildman–Crippen MR) is 91.6 cm³/mol. The molecule has 0 aromatic heterocycles. The number of methoxy groups -OCH3 is 1. The molecule has 23 heavy (non-hydrogen) atoms. The Morgan fingerprint density at radius 1 is 1.00 bits per heavy atom. The predicted octanol–water partition coefficient (Wildman–Crippen LogP) is 5.19. The van der Waals surface area contributed by atoms with Crippen LogP contribution >= 0.6 is 0 Å². The van der Waals surface area contributed by atoms with Gasteiger partial charge in [-0.15, -0.1) is 0 Å². The molecule has 4 aliphatic carbocycles. The number of rotatable bonds is 2. The van der Waals surface area contributed by atoms with Crippen LogP contribution in [0.15, 0.2) is 0 Å². The van der Waals surface area contributed by atoms with Crippen molar-refractivity contribution in [3.8, 4) is 6.07 Å². The number of hydrogen-bond acceptors (Lipinski definition) is 2. The molecule has 0 heterocycles. The first kappa shape index (κ1) is 15.9. The lowest BCUT2D eigenvalue weighted by molar-refractivity contribution is -0.142. The molecule has 0 saturated heterocycles. The zero-order chi connectivity index (χ0) is 16.1. The van der Waals surface area contributed by atoms with E-state index in [4.69, 9.17) is 4.74 Å². The van der Waals surface area contributed by atoms with Crippen molar-refractivity contribution in [1.29, 1.82) is 5.26 Å². The standard InChI is InChI=1S/C21H33NO/c1-20-12-10-19-17(18(20)9-7-16(20)13-22)8-6-15-5-3-4-11-21(15,19)14-23-2/h15-19H,3-12,14H2,1-2H3/t15?,16?,17?,18?,19?,20-,21?/m1/s1. The van der Waals surface area contributed by atoms with E-state index in [0.29, 0.717) is 16.7 Å². The highest BCUT2D eigenvalue weighted by Crippen LogP contribution is 2.67. The Kier molecular flexibility index (Phi) is 4.00. The van der Waals surface area contributed by atoms with E-state index < -0.39 is 0 Å². The van der Waals surface area contributed by atoms with Gasteiger partial charge >= 0.3 is 0 Å². The number of nitrogens with zero attached hydrogens (tertiary/aromatic N) is 1. The lowest BCUT2D eigenvalue weighted by Crippen LogP contribution is -2.55. The van der Waals surface area contributed by atoms with E-state index in [1.165, 1.54) is 57.8 Å². The average molecular weight is 316 g/mol. The van der Waals surface area contributed by atoms with Crippen molar-refractivity contribution in [2.75, 3.05) is 13.7 Å². The van der Waals surface area contributed by atoms with E-state index in [2.05, 4.69) is 13.0 Å². The molecule has 0 aromatic rings. The summed E-state index contributed by atoms with van der Waals surface area (Å²) in [5.41, 5.74) is 0.785. The van der Waals surface area contributed by atoms with Crippen molar-refractivity contribution in [2.45, 2.75) is 71.1 Å². The molecule has 6 unspecified atom stereocenters. The third-order valence-electron chi connectivity index (χ3n) is 8.85. The van der Waals surface area contributed by atoms with Crippen molar-refractivity contribution < 1.29 is 4.74 Å². The third kappa shape index (κ3) is 2.15. The van der Waals surface area contributed by atoms with Crippen molar-refractivity contribution in [3.63, 3.8) is 0 Å². The fraction of sp³-hybridized carbons (Fsp3) is 0.952. The highest BCUT2D eigenvalue weighted by atomic mass is 16.5. The monoisotopic (exact) mass is 315 g/mol. The number of hydrogen-bond donors (Lipinski definition) is 0. The number of nitriles is 1. The van der Waals surface area contributed by atoms with E-state index >= 15 is 0 Å². The summed E-state index contributed by atoms with van der Waals surface area (Å²) < 4.78 is 5.82. The summed E-state index contributed by atoms with van der Waals surface area (Å²) >= 11 is 0. The molecule has 4 aliphatic rings. The van der Waals surface area contributed by atoms with Crippen molar-refractivity contribution >= 4 is 0 Å². The lowest BCUT2D eigenvalue weighted by atomic mass is 9.44. The summed E-state index contributed by atoms with van der Waals surface area (Å²) in [6, 6.07) is 2.67. The molecule has 4 rings (SSSR count). The quantitative estimate of drug-likeness (QED) is 0.703. The largest absolute Gasteiger partial charge is 0.384 e. The Bertz CT molecular complexity index is 493. The first-order valence-corrected chi connectivity index (χ1v) is 10.0. The molecular weight excluding hydrogens is 282 g/mol. The maximum absolute atomic E-state index is 9.62. The van der Waals surface area contributed by atoms with E-state index in [1.54, 1.807) is 0 Å². The Morgan fingerprint density at radius 2 is 1.87 bits per heavy atom. The minimum absolute atomic E-state index is 0.311. The fourth-order valence-corrected chi connectivity index (χ4v) is 7.83. The van der Waals surface area contributed by atoms with Gasteiger partial charge in [-0.3, -0.25) is 0 Å². The molecule has 4 saturated carbocycles.